The molecule has 1 aliphatic rings. The Kier molecular flexibility index (Phi) is 4.86. The molecule has 0 spiro atoms. The molecule has 0 aliphatic carbocycles. The smallest absolute Gasteiger partial charge is 0.349 e. The van der Waals surface area contributed by atoms with E-state index in [0.29, 0.717) is 34.0 Å². The molecule has 4 heterocycles. The third kappa shape index (κ3) is 3.38. The van der Waals surface area contributed by atoms with Crippen molar-refractivity contribution >= 4 is 27.5 Å². The summed E-state index contributed by atoms with van der Waals surface area (Å²) < 4.78 is 11.4. The van der Waals surface area contributed by atoms with Gasteiger partial charge in [0.2, 0.25) is 0 Å². The van der Waals surface area contributed by atoms with Gasteiger partial charge in [0.25, 0.3) is 11.5 Å². The van der Waals surface area contributed by atoms with Crippen molar-refractivity contribution < 1.29 is 13.9 Å². The zero-order chi connectivity index (χ0) is 19.8. The van der Waals surface area contributed by atoms with Crippen LogP contribution in [0.1, 0.15) is 46.5 Å². The minimum absolute atomic E-state index is 0.0248. The molecule has 0 aromatic carbocycles. The van der Waals surface area contributed by atoms with Gasteiger partial charge in [0.05, 0.1) is 12.1 Å². The second-order valence-corrected chi connectivity index (χ2v) is 7.72. The van der Waals surface area contributed by atoms with Gasteiger partial charge in [-0.25, -0.2) is 9.78 Å². The van der Waals surface area contributed by atoms with E-state index in [-0.39, 0.29) is 23.8 Å². The van der Waals surface area contributed by atoms with Gasteiger partial charge in [0.15, 0.2) is 0 Å². The molecule has 3 aromatic rings. The normalized spacial score (nSPS) is 16.6. The number of thiophene rings is 1. The Morgan fingerprint density at radius 2 is 2.25 bits per heavy atom. The van der Waals surface area contributed by atoms with Crippen molar-refractivity contribution in [3.05, 3.63) is 61.0 Å². The lowest BCUT2D eigenvalue weighted by molar-refractivity contribution is 0.0764. The fraction of sp³-hybridized carbons (Fsp3) is 0.368. The Morgan fingerprint density at radius 1 is 1.43 bits per heavy atom. The van der Waals surface area contributed by atoms with Crippen LogP contribution in [0.3, 0.4) is 0 Å². The maximum atomic E-state index is 12.8. The predicted molar refractivity (Wildman–Crippen MR) is 104 cm³/mol. The van der Waals surface area contributed by atoms with E-state index < -0.39 is 11.5 Å². The van der Waals surface area contributed by atoms with Crippen LogP contribution in [0, 0.1) is 6.92 Å². The second-order valence-electron chi connectivity index (χ2n) is 6.80. The summed E-state index contributed by atoms with van der Waals surface area (Å²) in [5, 5.41) is 1.79. The number of rotatable bonds is 4. The summed E-state index contributed by atoms with van der Waals surface area (Å²) in [6, 6.07) is 3.44. The fourth-order valence-electron chi connectivity index (χ4n) is 3.33. The summed E-state index contributed by atoms with van der Waals surface area (Å²) in [5.74, 6) is 0.316. The van der Waals surface area contributed by atoms with Gasteiger partial charge >= 0.3 is 5.63 Å². The molecule has 1 N–H and O–H groups in total. The molecule has 3 aromatic heterocycles. The van der Waals surface area contributed by atoms with Crippen molar-refractivity contribution in [2.24, 2.45) is 0 Å². The van der Waals surface area contributed by atoms with Crippen molar-refractivity contribution in [2.75, 3.05) is 13.7 Å². The zero-order valence-corrected chi connectivity index (χ0v) is 16.3. The highest BCUT2D eigenvalue weighted by Gasteiger charge is 2.25. The number of amides is 1. The molecule has 0 radical (unpaired) electrons. The van der Waals surface area contributed by atoms with Gasteiger partial charge in [-0.1, -0.05) is 0 Å². The Labute approximate surface area is 163 Å². The van der Waals surface area contributed by atoms with Gasteiger partial charge in [-0.15, -0.1) is 11.3 Å². The number of ether oxygens (including phenoxy) is 1. The molecule has 1 aliphatic heterocycles. The first kappa shape index (κ1) is 18.6. The summed E-state index contributed by atoms with van der Waals surface area (Å²) >= 11 is 1.31. The van der Waals surface area contributed by atoms with Crippen LogP contribution < -0.4 is 11.2 Å². The molecule has 28 heavy (non-hydrogen) atoms. The summed E-state index contributed by atoms with van der Waals surface area (Å²) in [5.41, 5.74) is 0.169. The van der Waals surface area contributed by atoms with Crippen molar-refractivity contribution in [3.63, 3.8) is 0 Å². The van der Waals surface area contributed by atoms with E-state index in [0.717, 1.165) is 12.8 Å². The zero-order valence-electron chi connectivity index (χ0n) is 15.5. The van der Waals surface area contributed by atoms with Crippen molar-refractivity contribution in [1.29, 1.82) is 0 Å². The minimum Gasteiger partial charge on any atom is -0.424 e. The number of carbonyl (C=O) groups excluding carboxylic acids is 1. The average molecular weight is 401 g/mol. The highest BCUT2D eigenvalue weighted by molar-refractivity contribution is 7.17. The Hall–Kier alpha value is -2.78. The number of H-pyrrole nitrogens is 1. The fourth-order valence-corrected chi connectivity index (χ4v) is 4.06. The van der Waals surface area contributed by atoms with Crippen LogP contribution in [0.4, 0.5) is 0 Å². The van der Waals surface area contributed by atoms with Crippen LogP contribution >= 0.6 is 11.3 Å². The van der Waals surface area contributed by atoms with E-state index in [1.807, 2.05) is 0 Å². The molecular formula is C19H19N3O5S. The van der Waals surface area contributed by atoms with E-state index >= 15 is 0 Å². The van der Waals surface area contributed by atoms with Gasteiger partial charge in [0, 0.05) is 13.7 Å². The lowest BCUT2D eigenvalue weighted by Gasteiger charge is -2.18. The quantitative estimate of drug-likeness (QED) is 0.719. The average Bonchev–Trinajstić information content (AvgIpc) is 3.32. The summed E-state index contributed by atoms with van der Waals surface area (Å²) in [7, 11) is 1.55. The Morgan fingerprint density at radius 3 is 2.96 bits per heavy atom. The van der Waals surface area contributed by atoms with Crippen LogP contribution in [0.15, 0.2) is 31.5 Å². The van der Waals surface area contributed by atoms with Crippen LogP contribution in [0.25, 0.3) is 10.2 Å². The van der Waals surface area contributed by atoms with Gasteiger partial charge in [-0.2, -0.15) is 0 Å². The molecular weight excluding hydrogens is 382 g/mol. The van der Waals surface area contributed by atoms with Gasteiger partial charge in [-0.3, -0.25) is 9.59 Å². The minimum atomic E-state index is -0.683. The number of hydrogen-bond donors (Lipinski definition) is 1. The number of nitrogens with zero attached hydrogens (tertiary/aromatic N) is 2. The SMILES string of the molecule is Cc1cc(C2CCCO2)oc(=O)c1C(=O)N(C)Cc1nc2ccsc2c(=O)[nH]1. The monoisotopic (exact) mass is 401 g/mol. The van der Waals surface area contributed by atoms with E-state index in [1.165, 1.54) is 16.2 Å². The molecule has 1 amide bonds. The maximum Gasteiger partial charge on any atom is 0.349 e. The van der Waals surface area contributed by atoms with Gasteiger partial charge < -0.3 is 19.0 Å². The van der Waals surface area contributed by atoms with E-state index in [1.54, 1.807) is 31.5 Å². The Bertz CT molecular complexity index is 1160. The van der Waals surface area contributed by atoms with Crippen molar-refractivity contribution in [1.82, 2.24) is 14.9 Å². The van der Waals surface area contributed by atoms with E-state index in [4.69, 9.17) is 9.15 Å². The van der Waals surface area contributed by atoms with Crippen LogP contribution in [0.5, 0.6) is 0 Å². The number of carbonyl (C=O) groups is 1. The summed E-state index contributed by atoms with van der Waals surface area (Å²) in [6.07, 6.45) is 1.47. The highest BCUT2D eigenvalue weighted by Crippen LogP contribution is 2.28. The number of aromatic amines is 1. The molecule has 0 saturated carbocycles. The third-order valence-electron chi connectivity index (χ3n) is 4.73. The first-order valence-corrected chi connectivity index (χ1v) is 9.80. The predicted octanol–water partition coefficient (Wildman–Crippen LogP) is 2.37. The second kappa shape index (κ2) is 7.33. The molecule has 1 saturated heterocycles. The van der Waals surface area contributed by atoms with Crippen LogP contribution in [-0.2, 0) is 11.3 Å². The first-order chi connectivity index (χ1) is 13.4. The molecule has 1 unspecified atom stereocenters. The Balaban J connectivity index is 1.59. The lowest BCUT2D eigenvalue weighted by atomic mass is 10.1. The molecule has 8 nitrogen and oxygen atoms in total. The summed E-state index contributed by atoms with van der Waals surface area (Å²) in [6.45, 7) is 2.40. The van der Waals surface area contributed by atoms with Gasteiger partial charge in [-0.05, 0) is 42.8 Å². The molecule has 9 heteroatoms. The maximum absolute atomic E-state index is 12.8. The van der Waals surface area contributed by atoms with Gasteiger partial charge in [0.1, 0.15) is 28.0 Å². The molecule has 146 valence electrons. The van der Waals surface area contributed by atoms with E-state index in [2.05, 4.69) is 9.97 Å². The van der Waals surface area contributed by atoms with Crippen molar-refractivity contribution in [3.8, 4) is 0 Å². The third-order valence-corrected chi connectivity index (χ3v) is 5.63. The summed E-state index contributed by atoms with van der Waals surface area (Å²) in [4.78, 5) is 45.8. The number of aryl methyl sites for hydroxylation is 1. The molecule has 1 atom stereocenters. The van der Waals surface area contributed by atoms with Crippen molar-refractivity contribution in [2.45, 2.75) is 32.4 Å². The number of hydrogen-bond acceptors (Lipinski definition) is 7. The lowest BCUT2D eigenvalue weighted by Crippen LogP contribution is -2.32. The number of fused-ring (bicyclic) bond motifs is 1. The topological polar surface area (TPSA) is 106 Å². The van der Waals surface area contributed by atoms with Crippen LogP contribution in [-0.4, -0.2) is 34.4 Å². The number of nitrogens with one attached hydrogen (secondary N) is 1. The van der Waals surface area contributed by atoms with Crippen LogP contribution in [0.2, 0.25) is 0 Å². The molecule has 4 rings (SSSR count). The highest BCUT2D eigenvalue weighted by atomic mass is 32.1. The standard InChI is InChI=1S/C19H19N3O5S/c1-10-8-13(12-4-3-6-26-12)27-19(25)15(10)18(24)22(2)9-14-20-11-5-7-28-16(11)17(23)21-14/h5,7-8,12H,3-4,6,9H2,1-2H3,(H,20,21,23). The largest absolute Gasteiger partial charge is 0.424 e. The van der Waals surface area contributed by atoms with E-state index in [9.17, 15) is 14.4 Å². The molecule has 1 fully saturated rings. The first-order valence-electron chi connectivity index (χ1n) is 8.92. The number of aromatic nitrogens is 2. The molecule has 0 bridgehead atoms.